The lowest BCUT2D eigenvalue weighted by Crippen LogP contribution is -2.30. The van der Waals surface area contributed by atoms with Crippen molar-refractivity contribution in [1.82, 2.24) is 0 Å². The summed E-state index contributed by atoms with van der Waals surface area (Å²) < 4.78 is 130. The smallest absolute Gasteiger partial charge is 0.264 e. The van der Waals surface area contributed by atoms with Crippen LogP contribution in [0.1, 0.15) is 30.5 Å². The van der Waals surface area contributed by atoms with Gasteiger partial charge in [-0.05, 0) is 112 Å². The Morgan fingerprint density at radius 2 is 0.860 bits per heavy atom. The fourth-order valence-corrected chi connectivity index (χ4v) is 12.8. The highest BCUT2D eigenvalue weighted by atomic mass is 32.2. The highest BCUT2D eigenvalue weighted by Crippen LogP contribution is 2.37. The van der Waals surface area contributed by atoms with Gasteiger partial charge in [-0.2, -0.15) is 0 Å². The van der Waals surface area contributed by atoms with Gasteiger partial charge in [-0.1, -0.05) is 42.5 Å². The van der Waals surface area contributed by atoms with Gasteiger partial charge < -0.3 is 9.47 Å². The predicted octanol–water partition coefficient (Wildman–Crippen LogP) is 6.66. The van der Waals surface area contributed by atoms with Crippen LogP contribution in [0.5, 0.6) is 11.5 Å². The summed E-state index contributed by atoms with van der Waals surface area (Å²) >= 11 is 0. The topological polar surface area (TPSA) is 186 Å². The monoisotopic (exact) mass is 856 g/mol. The molecule has 0 radical (unpaired) electrons. The molecule has 14 nitrogen and oxygen atoms in total. The Hall–Kier alpha value is -5.30. The Morgan fingerprint density at radius 3 is 1.18 bits per heavy atom. The molecule has 0 heterocycles. The normalized spacial score (nSPS) is 12.1. The van der Waals surface area contributed by atoms with Crippen molar-refractivity contribution in [3.8, 4) is 11.5 Å². The summed E-state index contributed by atoms with van der Waals surface area (Å²) in [6, 6.07) is 25.7. The molecule has 0 aliphatic rings. The lowest BCUT2D eigenvalue weighted by Gasteiger charge is -2.24. The SMILES string of the molecule is CCN(c1ccccc1)S(=O)(=O)c1ccc(OC)c(NS(=O)(=O)c2c(C)cc(C)c(S(=O)(=O)Nc3cc(S(=O)(=O)N(CC)c4ccccc4)ccc3OC)c2C)c1. The number of para-hydroxylation sites is 2. The van der Waals surface area contributed by atoms with Crippen LogP contribution >= 0.6 is 0 Å². The van der Waals surface area contributed by atoms with Crippen LogP contribution < -0.4 is 27.5 Å². The van der Waals surface area contributed by atoms with E-state index in [1.54, 1.807) is 74.5 Å². The van der Waals surface area contributed by atoms with Crippen molar-refractivity contribution >= 4 is 62.8 Å². The van der Waals surface area contributed by atoms with E-state index in [2.05, 4.69) is 9.44 Å². The molecule has 0 atom stereocenters. The molecule has 0 unspecified atom stereocenters. The van der Waals surface area contributed by atoms with Crippen LogP contribution in [0, 0.1) is 20.8 Å². The van der Waals surface area contributed by atoms with E-state index in [0.29, 0.717) is 11.4 Å². The number of ether oxygens (including phenoxy) is 2. The van der Waals surface area contributed by atoms with E-state index in [1.165, 1.54) is 73.9 Å². The minimum Gasteiger partial charge on any atom is -0.495 e. The molecule has 57 heavy (non-hydrogen) atoms. The molecule has 0 aliphatic heterocycles. The summed E-state index contributed by atoms with van der Waals surface area (Å²) in [7, 11) is -15.1. The number of nitrogens with zero attached hydrogens (tertiary/aromatic N) is 2. The zero-order valence-corrected chi connectivity index (χ0v) is 35.6. The molecule has 0 fully saturated rings. The molecule has 0 aliphatic carbocycles. The van der Waals surface area contributed by atoms with Gasteiger partial charge in [-0.3, -0.25) is 18.1 Å². The van der Waals surface area contributed by atoms with Gasteiger partial charge in [0.05, 0.1) is 56.6 Å². The first kappa shape index (κ1) is 42.8. The fraction of sp³-hybridized carbons (Fsp3) is 0.231. The summed E-state index contributed by atoms with van der Waals surface area (Å²) in [6.07, 6.45) is 0. The lowest BCUT2D eigenvalue weighted by molar-refractivity contribution is 0.416. The molecular weight excluding hydrogens is 813 g/mol. The average Bonchev–Trinajstić information content (AvgIpc) is 3.15. The third kappa shape index (κ3) is 8.53. The molecular formula is C39H44N4O10S4. The van der Waals surface area contributed by atoms with E-state index in [4.69, 9.17) is 9.47 Å². The third-order valence-electron chi connectivity index (χ3n) is 9.04. The van der Waals surface area contributed by atoms with Crippen LogP contribution in [0.25, 0.3) is 0 Å². The summed E-state index contributed by atoms with van der Waals surface area (Å²) in [4.78, 5) is -1.21. The molecule has 5 aromatic rings. The summed E-state index contributed by atoms with van der Waals surface area (Å²) in [5, 5.41) is 0. The van der Waals surface area contributed by atoms with E-state index < -0.39 is 40.1 Å². The van der Waals surface area contributed by atoms with E-state index in [0.717, 1.165) is 12.1 Å². The maximum Gasteiger partial charge on any atom is 0.264 e. The second-order valence-electron chi connectivity index (χ2n) is 12.7. The molecule has 0 spiro atoms. The number of benzene rings is 5. The number of methoxy groups -OCH3 is 2. The summed E-state index contributed by atoms with van der Waals surface area (Å²) in [6.45, 7) is 7.84. The number of hydrogen-bond donors (Lipinski definition) is 2. The van der Waals surface area contributed by atoms with Crippen molar-refractivity contribution in [2.24, 2.45) is 0 Å². The fourth-order valence-electron chi connectivity index (χ4n) is 6.65. The van der Waals surface area contributed by atoms with Crippen LogP contribution in [0.15, 0.2) is 123 Å². The van der Waals surface area contributed by atoms with Crippen molar-refractivity contribution in [3.05, 3.63) is 120 Å². The van der Waals surface area contributed by atoms with Gasteiger partial charge in [-0.25, -0.2) is 33.7 Å². The summed E-state index contributed by atoms with van der Waals surface area (Å²) in [5.74, 6) is 0.0149. The van der Waals surface area contributed by atoms with Crippen molar-refractivity contribution in [3.63, 3.8) is 0 Å². The van der Waals surface area contributed by atoms with Gasteiger partial charge in [0, 0.05) is 13.1 Å². The van der Waals surface area contributed by atoms with Gasteiger partial charge in [0.25, 0.3) is 40.1 Å². The number of rotatable bonds is 16. The molecule has 0 bridgehead atoms. The van der Waals surface area contributed by atoms with Crippen LogP contribution in [0.4, 0.5) is 22.7 Å². The minimum atomic E-state index is -4.64. The van der Waals surface area contributed by atoms with Gasteiger partial charge in [0.1, 0.15) is 11.5 Å². The van der Waals surface area contributed by atoms with E-state index >= 15 is 0 Å². The van der Waals surface area contributed by atoms with Crippen LogP contribution in [-0.2, 0) is 40.1 Å². The number of anilines is 4. The Bertz CT molecular complexity index is 2550. The highest BCUT2D eigenvalue weighted by molar-refractivity contribution is 7.94. The molecule has 0 aromatic heterocycles. The van der Waals surface area contributed by atoms with Crippen molar-refractivity contribution in [2.45, 2.75) is 54.2 Å². The molecule has 0 amide bonds. The summed E-state index contributed by atoms with van der Waals surface area (Å²) in [5.41, 5.74) is 0.659. The second kappa shape index (κ2) is 16.7. The largest absolute Gasteiger partial charge is 0.495 e. The predicted molar refractivity (Wildman–Crippen MR) is 222 cm³/mol. The van der Waals surface area contributed by atoms with Gasteiger partial charge >= 0.3 is 0 Å². The molecule has 0 saturated carbocycles. The molecule has 2 N–H and O–H groups in total. The van der Waals surface area contributed by atoms with Crippen LogP contribution in [-0.4, -0.2) is 61.0 Å². The first-order valence-electron chi connectivity index (χ1n) is 17.5. The average molecular weight is 857 g/mol. The van der Waals surface area contributed by atoms with Gasteiger partial charge in [0.2, 0.25) is 0 Å². The Labute approximate surface area is 335 Å². The highest BCUT2D eigenvalue weighted by Gasteiger charge is 2.32. The molecule has 304 valence electrons. The zero-order chi connectivity index (χ0) is 41.9. The van der Waals surface area contributed by atoms with E-state index in [1.807, 2.05) is 0 Å². The molecule has 5 aromatic carbocycles. The van der Waals surface area contributed by atoms with Crippen LogP contribution in [0.3, 0.4) is 0 Å². The van der Waals surface area contributed by atoms with Crippen molar-refractivity contribution in [2.75, 3.05) is 45.4 Å². The molecule has 18 heteroatoms. The van der Waals surface area contributed by atoms with Gasteiger partial charge in [-0.15, -0.1) is 0 Å². The van der Waals surface area contributed by atoms with Crippen LogP contribution in [0.2, 0.25) is 0 Å². The first-order valence-corrected chi connectivity index (χ1v) is 23.4. The standard InChI is InChI=1S/C39H44N4O10S4/c1-8-42(30-16-12-10-13-17-30)56(48,49)32-20-22-36(52-6)34(25-32)40-54(44,45)38-27(3)24-28(4)39(29(38)5)55(46,47)41-35-26-33(21-23-37(35)53-7)57(50,51)43(9-2)31-18-14-11-15-19-31/h10-26,40-41H,8-9H2,1-7H3. The first-order chi connectivity index (χ1) is 26.8. The maximum absolute atomic E-state index is 14.3. The van der Waals surface area contributed by atoms with Crippen molar-refractivity contribution in [1.29, 1.82) is 0 Å². The Morgan fingerprint density at radius 1 is 0.509 bits per heavy atom. The van der Waals surface area contributed by atoms with E-state index in [-0.39, 0.29) is 72.2 Å². The van der Waals surface area contributed by atoms with Gasteiger partial charge in [0.15, 0.2) is 0 Å². The number of sulfonamides is 4. The molecule has 0 saturated heterocycles. The Balaban J connectivity index is 1.55. The quantitative estimate of drug-likeness (QED) is 0.109. The number of hydrogen-bond acceptors (Lipinski definition) is 10. The van der Waals surface area contributed by atoms with Crippen molar-refractivity contribution < 1.29 is 43.1 Å². The number of aryl methyl sites for hydroxylation is 2. The van der Waals surface area contributed by atoms with E-state index in [9.17, 15) is 33.7 Å². The lowest BCUT2D eigenvalue weighted by atomic mass is 10.1. The molecule has 5 rings (SSSR count). The zero-order valence-electron chi connectivity index (χ0n) is 32.3. The second-order valence-corrected chi connectivity index (χ2v) is 19.7. The minimum absolute atomic E-state index is 0.00745. The third-order valence-corrected chi connectivity index (χ3v) is 16.1. The maximum atomic E-state index is 14.3. The Kier molecular flexibility index (Phi) is 12.5. The number of nitrogens with one attached hydrogen (secondary N) is 2.